The Hall–Kier alpha value is -3.59. The lowest BCUT2D eigenvalue weighted by Crippen LogP contribution is -2.50. The molecule has 0 spiro atoms. The lowest BCUT2D eigenvalue weighted by Gasteiger charge is -2.29. The first kappa shape index (κ1) is 27.0. The van der Waals surface area contributed by atoms with Gasteiger partial charge >= 0.3 is 0 Å². The van der Waals surface area contributed by atoms with E-state index in [1.165, 1.54) is 6.21 Å². The van der Waals surface area contributed by atoms with Gasteiger partial charge in [-0.05, 0) is 49.8 Å². The van der Waals surface area contributed by atoms with Gasteiger partial charge in [-0.3, -0.25) is 19.6 Å². The summed E-state index contributed by atoms with van der Waals surface area (Å²) in [6.07, 6.45) is 4.54. The Labute approximate surface area is 212 Å². The molecule has 1 aliphatic heterocycles. The number of aromatic nitrogens is 1. The number of nitrogens with zero attached hydrogens (tertiary/aromatic N) is 4. The van der Waals surface area contributed by atoms with E-state index < -0.39 is 18.1 Å². The van der Waals surface area contributed by atoms with E-state index in [9.17, 15) is 14.7 Å². The van der Waals surface area contributed by atoms with Crippen LogP contribution in [0.15, 0.2) is 52.7 Å². The maximum Gasteiger partial charge on any atom is 0.248 e. The summed E-state index contributed by atoms with van der Waals surface area (Å²) in [6, 6.07) is 9.78. The lowest BCUT2D eigenvalue weighted by molar-refractivity contribution is -0.140. The number of hydrogen-bond donors (Lipinski definition) is 3. The zero-order valence-electron chi connectivity index (χ0n) is 21.4. The molecule has 36 heavy (non-hydrogen) atoms. The minimum absolute atomic E-state index is 0.0595. The van der Waals surface area contributed by atoms with Crippen LogP contribution in [0, 0.1) is 12.8 Å². The molecule has 0 saturated carbocycles. The minimum Gasteiger partial charge on any atom is -0.394 e. The number of aryl methyl sites for hydroxylation is 1. The number of aliphatic hydroxyl groups excluding tert-OH is 1. The van der Waals surface area contributed by atoms with Crippen LogP contribution >= 0.6 is 0 Å². The summed E-state index contributed by atoms with van der Waals surface area (Å²) in [5.74, 6) is 4.74. The van der Waals surface area contributed by atoms with Crippen LogP contribution in [0.5, 0.6) is 0 Å². The van der Waals surface area contributed by atoms with Crippen molar-refractivity contribution in [2.45, 2.75) is 58.7 Å². The van der Waals surface area contributed by atoms with Gasteiger partial charge in [0.05, 0.1) is 18.4 Å². The van der Waals surface area contributed by atoms with Crippen LogP contribution in [0.25, 0.3) is 11.1 Å². The molecule has 0 bridgehead atoms. The predicted octanol–water partition coefficient (Wildman–Crippen LogP) is 2.63. The van der Waals surface area contributed by atoms with E-state index in [1.54, 1.807) is 18.0 Å². The third kappa shape index (κ3) is 6.34. The SMILES string of the molecule is CC(C=N[C@H](C(=O)N1CCC[C@H]1C(=O)N[C@@H](CO)c1ccc(-c2cccnc2C)cc1)C(C)C)=NN. The molecule has 1 aromatic carbocycles. The first-order chi connectivity index (χ1) is 17.3. The number of hydrogen-bond acceptors (Lipinski definition) is 7. The van der Waals surface area contributed by atoms with Crippen molar-refractivity contribution in [2.75, 3.05) is 13.2 Å². The van der Waals surface area contributed by atoms with Crippen LogP contribution in [0.3, 0.4) is 0 Å². The molecule has 2 amide bonds. The van der Waals surface area contributed by atoms with Crippen LogP contribution in [0.4, 0.5) is 0 Å². The molecule has 2 heterocycles. The standard InChI is InChI=1S/C27H36N6O3/c1-17(2)25(30-15-18(3)32-28)27(36)33-14-6-8-24(33)26(35)31-23(16-34)21-11-9-20(10-12-21)22-7-5-13-29-19(22)4/h5,7,9-13,15,17,23-25,34H,6,8,14,16,28H2,1-4H3,(H,31,35)/t23-,24-,25-/m0/s1. The summed E-state index contributed by atoms with van der Waals surface area (Å²) < 4.78 is 0. The molecule has 192 valence electrons. The van der Waals surface area contributed by atoms with Gasteiger partial charge in [0.2, 0.25) is 11.8 Å². The molecule has 2 aromatic rings. The van der Waals surface area contributed by atoms with E-state index in [0.717, 1.165) is 28.8 Å². The van der Waals surface area contributed by atoms with E-state index >= 15 is 0 Å². The Kier molecular flexibility index (Phi) is 9.30. The molecule has 0 aliphatic carbocycles. The molecule has 0 unspecified atom stereocenters. The number of rotatable bonds is 9. The van der Waals surface area contributed by atoms with Crippen LogP contribution in [0.1, 0.15) is 50.9 Å². The van der Waals surface area contributed by atoms with Gasteiger partial charge in [-0.1, -0.05) is 44.2 Å². The smallest absolute Gasteiger partial charge is 0.248 e. The zero-order chi connectivity index (χ0) is 26.2. The largest absolute Gasteiger partial charge is 0.394 e. The number of aliphatic hydroxyl groups is 1. The second-order valence-electron chi connectivity index (χ2n) is 9.43. The molecule has 1 aromatic heterocycles. The fourth-order valence-corrected chi connectivity index (χ4v) is 4.40. The highest BCUT2D eigenvalue weighted by atomic mass is 16.3. The van der Waals surface area contributed by atoms with Gasteiger partial charge in [0.25, 0.3) is 0 Å². The highest BCUT2D eigenvalue weighted by Gasteiger charge is 2.38. The molecule has 9 heteroatoms. The topological polar surface area (TPSA) is 133 Å². The van der Waals surface area contributed by atoms with Crippen molar-refractivity contribution in [3.63, 3.8) is 0 Å². The third-order valence-electron chi connectivity index (χ3n) is 6.48. The number of hydrazone groups is 1. The maximum atomic E-state index is 13.3. The van der Waals surface area contributed by atoms with Crippen LogP contribution < -0.4 is 11.2 Å². The normalized spacial score (nSPS) is 18.0. The minimum atomic E-state index is -0.632. The highest BCUT2D eigenvalue weighted by molar-refractivity contribution is 6.29. The summed E-state index contributed by atoms with van der Waals surface area (Å²) in [4.78, 5) is 36.9. The van der Waals surface area contributed by atoms with Gasteiger partial charge in [0.1, 0.15) is 12.1 Å². The van der Waals surface area contributed by atoms with Gasteiger partial charge < -0.3 is 21.2 Å². The van der Waals surface area contributed by atoms with E-state index in [4.69, 9.17) is 5.84 Å². The molecule has 9 nitrogen and oxygen atoms in total. The van der Waals surface area contributed by atoms with Crippen molar-refractivity contribution in [3.8, 4) is 11.1 Å². The number of benzene rings is 1. The molecular weight excluding hydrogens is 456 g/mol. The molecule has 3 atom stereocenters. The van der Waals surface area contributed by atoms with Crippen molar-refractivity contribution < 1.29 is 14.7 Å². The zero-order valence-corrected chi connectivity index (χ0v) is 21.4. The third-order valence-corrected chi connectivity index (χ3v) is 6.48. The van der Waals surface area contributed by atoms with Crippen molar-refractivity contribution in [2.24, 2.45) is 21.9 Å². The van der Waals surface area contributed by atoms with Gasteiger partial charge in [-0.2, -0.15) is 5.10 Å². The monoisotopic (exact) mass is 492 g/mol. The number of likely N-dealkylation sites (tertiary alicyclic amines) is 1. The number of amides is 2. The van der Waals surface area contributed by atoms with E-state index in [2.05, 4.69) is 20.4 Å². The molecule has 1 aliphatic rings. The molecular formula is C27H36N6O3. The predicted molar refractivity (Wildman–Crippen MR) is 142 cm³/mol. The molecule has 0 radical (unpaired) electrons. The number of carbonyl (C=O) groups is 2. The Balaban J connectivity index is 1.72. The average Bonchev–Trinajstić information content (AvgIpc) is 3.37. The first-order valence-electron chi connectivity index (χ1n) is 12.3. The lowest BCUT2D eigenvalue weighted by atomic mass is 10.00. The Morgan fingerprint density at radius 1 is 1.28 bits per heavy atom. The van der Waals surface area contributed by atoms with Crippen molar-refractivity contribution in [1.82, 2.24) is 15.2 Å². The Morgan fingerprint density at radius 3 is 2.61 bits per heavy atom. The number of aliphatic imine (C=N–C) groups is 1. The van der Waals surface area contributed by atoms with Gasteiger partial charge in [-0.15, -0.1) is 0 Å². The second-order valence-corrected chi connectivity index (χ2v) is 9.43. The van der Waals surface area contributed by atoms with Crippen LogP contribution in [-0.2, 0) is 9.59 Å². The number of nitrogens with two attached hydrogens (primary N) is 1. The van der Waals surface area contributed by atoms with Crippen molar-refractivity contribution in [1.29, 1.82) is 0 Å². The fourth-order valence-electron chi connectivity index (χ4n) is 4.40. The average molecular weight is 493 g/mol. The second kappa shape index (κ2) is 12.4. The summed E-state index contributed by atoms with van der Waals surface area (Å²) >= 11 is 0. The molecule has 3 rings (SSSR count). The number of carbonyl (C=O) groups excluding carboxylic acids is 2. The summed E-state index contributed by atoms with van der Waals surface area (Å²) in [7, 11) is 0. The quantitative estimate of drug-likeness (QED) is 0.281. The molecule has 4 N–H and O–H groups in total. The van der Waals surface area contributed by atoms with Crippen molar-refractivity contribution in [3.05, 3.63) is 53.9 Å². The summed E-state index contributed by atoms with van der Waals surface area (Å²) in [6.45, 7) is 7.72. The first-order valence-corrected chi connectivity index (χ1v) is 12.3. The number of nitrogens with one attached hydrogen (secondary N) is 1. The van der Waals surface area contributed by atoms with Crippen LogP contribution in [-0.4, -0.2) is 64.0 Å². The molecule has 1 fully saturated rings. The summed E-state index contributed by atoms with van der Waals surface area (Å²) in [5, 5.41) is 16.5. The Morgan fingerprint density at radius 2 is 2.00 bits per heavy atom. The fraction of sp³-hybridized carbons (Fsp3) is 0.444. The summed E-state index contributed by atoms with van der Waals surface area (Å²) in [5.41, 5.74) is 4.27. The van der Waals surface area contributed by atoms with E-state index in [-0.39, 0.29) is 24.3 Å². The van der Waals surface area contributed by atoms with Crippen molar-refractivity contribution >= 4 is 23.7 Å². The van der Waals surface area contributed by atoms with Gasteiger partial charge in [-0.25, -0.2) is 0 Å². The van der Waals surface area contributed by atoms with Crippen LogP contribution in [0.2, 0.25) is 0 Å². The van der Waals surface area contributed by atoms with E-state index in [0.29, 0.717) is 18.7 Å². The number of pyridine rings is 1. The van der Waals surface area contributed by atoms with Gasteiger partial charge in [0, 0.05) is 30.2 Å². The maximum absolute atomic E-state index is 13.3. The Bertz CT molecular complexity index is 1110. The van der Waals surface area contributed by atoms with E-state index in [1.807, 2.05) is 57.2 Å². The van der Waals surface area contributed by atoms with Gasteiger partial charge in [0.15, 0.2) is 0 Å². The molecule has 1 saturated heterocycles. The highest BCUT2D eigenvalue weighted by Crippen LogP contribution is 2.25.